The molecule has 2 aromatic rings. The van der Waals surface area contributed by atoms with Crippen LogP contribution < -0.4 is 4.74 Å². The van der Waals surface area contributed by atoms with Crippen molar-refractivity contribution in [1.82, 2.24) is 19.7 Å². The maximum Gasteiger partial charge on any atom is 0.246 e. The number of benzene rings is 1. The van der Waals surface area contributed by atoms with Gasteiger partial charge in [0.2, 0.25) is 11.8 Å². The van der Waals surface area contributed by atoms with Gasteiger partial charge in [0.15, 0.2) is 11.6 Å². The van der Waals surface area contributed by atoms with Gasteiger partial charge in [-0.3, -0.25) is 19.5 Å². The summed E-state index contributed by atoms with van der Waals surface area (Å²) in [6, 6.07) is 7.91. The third kappa shape index (κ3) is 6.36. The fourth-order valence-corrected chi connectivity index (χ4v) is 3.74. The molecule has 0 N–H and O–H groups in total. The van der Waals surface area contributed by atoms with Crippen molar-refractivity contribution in [3.05, 3.63) is 60.2 Å². The van der Waals surface area contributed by atoms with Crippen molar-refractivity contribution in [2.24, 2.45) is 0 Å². The number of hydrogen-bond acceptors (Lipinski definition) is 6. The normalized spacial score (nSPS) is 17.4. The van der Waals surface area contributed by atoms with Crippen LogP contribution in [0.5, 0.6) is 11.5 Å². The molecule has 3 heterocycles. The summed E-state index contributed by atoms with van der Waals surface area (Å²) >= 11 is 0. The number of pyridine rings is 1. The van der Waals surface area contributed by atoms with E-state index < -0.39 is 5.82 Å². The van der Waals surface area contributed by atoms with E-state index in [2.05, 4.69) is 9.88 Å². The highest BCUT2D eigenvalue weighted by Gasteiger charge is 2.24. The molecule has 33 heavy (non-hydrogen) atoms. The summed E-state index contributed by atoms with van der Waals surface area (Å²) in [7, 11) is 0. The zero-order valence-corrected chi connectivity index (χ0v) is 18.4. The number of halogens is 1. The van der Waals surface area contributed by atoms with E-state index in [0.29, 0.717) is 57.3 Å². The van der Waals surface area contributed by atoms with Gasteiger partial charge in [0.05, 0.1) is 26.0 Å². The molecule has 0 radical (unpaired) electrons. The number of hydrogen-bond donors (Lipinski definition) is 0. The largest absolute Gasteiger partial charge is 0.453 e. The van der Waals surface area contributed by atoms with Gasteiger partial charge >= 0.3 is 0 Å². The average molecular weight is 455 g/mol. The zero-order chi connectivity index (χ0) is 23.0. The van der Waals surface area contributed by atoms with E-state index in [0.717, 1.165) is 13.1 Å². The number of ether oxygens (including phenoxy) is 2. The molecule has 0 saturated carbocycles. The molecule has 2 saturated heterocycles. The summed E-state index contributed by atoms with van der Waals surface area (Å²) in [5, 5.41) is 0. The maximum atomic E-state index is 14.4. The predicted molar refractivity (Wildman–Crippen MR) is 120 cm³/mol. The summed E-state index contributed by atoms with van der Waals surface area (Å²) < 4.78 is 25.2. The van der Waals surface area contributed by atoms with Gasteiger partial charge in [0, 0.05) is 51.5 Å². The van der Waals surface area contributed by atoms with E-state index in [1.165, 1.54) is 24.4 Å². The lowest BCUT2D eigenvalue weighted by molar-refractivity contribution is -0.138. The molecule has 2 amide bonds. The first-order valence-corrected chi connectivity index (χ1v) is 11.0. The maximum absolute atomic E-state index is 14.4. The highest BCUT2D eigenvalue weighted by Crippen LogP contribution is 2.24. The number of aromatic nitrogens is 1. The van der Waals surface area contributed by atoms with Gasteiger partial charge in [0.1, 0.15) is 5.75 Å². The van der Waals surface area contributed by atoms with Gasteiger partial charge in [-0.25, -0.2) is 4.39 Å². The Hall–Kier alpha value is -3.30. The fraction of sp³-hybridized carbons (Fsp3) is 0.375. The minimum Gasteiger partial charge on any atom is -0.453 e. The van der Waals surface area contributed by atoms with E-state index in [9.17, 15) is 14.0 Å². The predicted octanol–water partition coefficient (Wildman–Crippen LogP) is 2.03. The van der Waals surface area contributed by atoms with Crippen molar-refractivity contribution < 1.29 is 23.5 Å². The van der Waals surface area contributed by atoms with Gasteiger partial charge in [-0.05, 0) is 35.9 Å². The van der Waals surface area contributed by atoms with E-state index >= 15 is 0 Å². The molecular formula is C24H27FN4O4. The van der Waals surface area contributed by atoms with Crippen molar-refractivity contribution in [3.63, 3.8) is 0 Å². The molecule has 1 aromatic heterocycles. The highest BCUT2D eigenvalue weighted by molar-refractivity contribution is 5.92. The minimum atomic E-state index is -0.527. The Kier molecular flexibility index (Phi) is 7.64. The lowest BCUT2D eigenvalue weighted by Gasteiger charge is -2.36. The molecule has 0 bridgehead atoms. The lowest BCUT2D eigenvalue weighted by atomic mass is 10.2. The molecule has 2 aliphatic heterocycles. The van der Waals surface area contributed by atoms with Crippen LogP contribution >= 0.6 is 0 Å². The number of nitrogens with zero attached hydrogens (tertiary/aromatic N) is 4. The molecule has 8 nitrogen and oxygen atoms in total. The van der Waals surface area contributed by atoms with Gasteiger partial charge in [-0.1, -0.05) is 6.07 Å². The van der Waals surface area contributed by atoms with Crippen LogP contribution in [0.2, 0.25) is 0 Å². The third-order valence-electron chi connectivity index (χ3n) is 5.64. The first-order valence-electron chi connectivity index (χ1n) is 11.0. The molecule has 0 spiro atoms. The second-order valence-corrected chi connectivity index (χ2v) is 7.91. The van der Waals surface area contributed by atoms with Crippen LogP contribution in [0.15, 0.2) is 48.8 Å². The van der Waals surface area contributed by atoms with Crippen LogP contribution in [0, 0.1) is 5.82 Å². The van der Waals surface area contributed by atoms with E-state index in [4.69, 9.17) is 9.47 Å². The van der Waals surface area contributed by atoms with Crippen LogP contribution in [0.4, 0.5) is 4.39 Å². The number of carbonyl (C=O) groups excluding carboxylic acids is 2. The third-order valence-corrected chi connectivity index (χ3v) is 5.64. The van der Waals surface area contributed by atoms with Crippen molar-refractivity contribution in [3.8, 4) is 11.5 Å². The molecule has 4 rings (SSSR count). The Bertz CT molecular complexity index is 987. The lowest BCUT2D eigenvalue weighted by Crippen LogP contribution is -2.53. The number of piperazine rings is 1. The Morgan fingerprint density at radius 3 is 2.52 bits per heavy atom. The zero-order valence-electron chi connectivity index (χ0n) is 18.4. The number of morpholine rings is 1. The standard InChI is InChI=1S/C24H27FN4O4/c25-21-16-19(3-5-22(21)33-20-2-1-7-26-17-20)4-6-23(30)28-8-10-29(11-9-28)24(31)18-27-12-14-32-15-13-27/h1-7,16-17H,8-15,18H2/b6-4+. The van der Waals surface area contributed by atoms with Crippen molar-refractivity contribution in [2.45, 2.75) is 0 Å². The van der Waals surface area contributed by atoms with Gasteiger partial charge in [0.25, 0.3) is 0 Å². The van der Waals surface area contributed by atoms with Crippen LogP contribution in [-0.2, 0) is 14.3 Å². The van der Waals surface area contributed by atoms with E-state index in [1.54, 1.807) is 40.3 Å². The Morgan fingerprint density at radius 1 is 1.06 bits per heavy atom. The number of rotatable bonds is 6. The minimum absolute atomic E-state index is 0.0867. The van der Waals surface area contributed by atoms with E-state index in [1.807, 2.05) is 0 Å². The molecule has 9 heteroatoms. The first kappa shape index (κ1) is 22.9. The molecular weight excluding hydrogens is 427 g/mol. The van der Waals surface area contributed by atoms with Crippen molar-refractivity contribution >= 4 is 17.9 Å². The first-order chi connectivity index (χ1) is 16.1. The monoisotopic (exact) mass is 454 g/mol. The Labute approximate surface area is 192 Å². The smallest absolute Gasteiger partial charge is 0.246 e. The summed E-state index contributed by atoms with van der Waals surface area (Å²) in [4.78, 5) is 34.6. The quantitative estimate of drug-likeness (QED) is 0.622. The molecule has 1 aromatic carbocycles. The molecule has 0 atom stereocenters. The molecule has 2 aliphatic rings. The second kappa shape index (κ2) is 11.0. The van der Waals surface area contributed by atoms with Gasteiger partial charge in [-0.15, -0.1) is 0 Å². The second-order valence-electron chi connectivity index (χ2n) is 7.91. The van der Waals surface area contributed by atoms with E-state index in [-0.39, 0.29) is 17.6 Å². The number of carbonyl (C=O) groups is 2. The molecule has 2 fully saturated rings. The summed E-state index contributed by atoms with van der Waals surface area (Å²) in [6.07, 6.45) is 6.12. The number of amides is 2. The summed E-state index contributed by atoms with van der Waals surface area (Å²) in [5.74, 6) is -0.0717. The van der Waals surface area contributed by atoms with Crippen molar-refractivity contribution in [1.29, 1.82) is 0 Å². The van der Waals surface area contributed by atoms with Crippen LogP contribution in [-0.4, -0.2) is 90.5 Å². The molecule has 0 unspecified atom stereocenters. The fourth-order valence-electron chi connectivity index (χ4n) is 3.74. The summed E-state index contributed by atoms with van der Waals surface area (Å²) in [5.41, 5.74) is 0.554. The highest BCUT2D eigenvalue weighted by atomic mass is 19.1. The van der Waals surface area contributed by atoms with Crippen LogP contribution in [0.1, 0.15) is 5.56 Å². The van der Waals surface area contributed by atoms with Crippen molar-refractivity contribution in [2.75, 3.05) is 59.0 Å². The Morgan fingerprint density at radius 2 is 1.82 bits per heavy atom. The van der Waals surface area contributed by atoms with Gasteiger partial charge < -0.3 is 19.3 Å². The SMILES string of the molecule is O=C(/C=C/c1ccc(Oc2cccnc2)c(F)c1)N1CCN(C(=O)CN2CCOCC2)CC1. The molecule has 0 aliphatic carbocycles. The molecule has 174 valence electrons. The van der Waals surface area contributed by atoms with Crippen LogP contribution in [0.3, 0.4) is 0 Å². The topological polar surface area (TPSA) is 75.2 Å². The van der Waals surface area contributed by atoms with Crippen LogP contribution in [0.25, 0.3) is 6.08 Å². The van der Waals surface area contributed by atoms with Gasteiger partial charge in [-0.2, -0.15) is 0 Å². The summed E-state index contributed by atoms with van der Waals surface area (Å²) in [6.45, 7) is 5.23. The Balaban J connectivity index is 1.26. The average Bonchev–Trinajstić information content (AvgIpc) is 2.85.